The van der Waals surface area contributed by atoms with Gasteiger partial charge in [0.15, 0.2) is 5.78 Å². The van der Waals surface area contributed by atoms with E-state index in [0.717, 1.165) is 0 Å². The van der Waals surface area contributed by atoms with E-state index in [-0.39, 0.29) is 11.5 Å². The van der Waals surface area contributed by atoms with Crippen LogP contribution in [0.25, 0.3) is 0 Å². The predicted molar refractivity (Wildman–Crippen MR) is 105 cm³/mol. The number of ketones is 1. The zero-order valence-electron chi connectivity index (χ0n) is 16.0. The molecule has 1 heterocycles. The molecule has 0 amide bonds. The first kappa shape index (κ1) is 21.7. The van der Waals surface area contributed by atoms with E-state index in [1.807, 2.05) is 6.92 Å². The Labute approximate surface area is 164 Å². The zero-order chi connectivity index (χ0) is 19.7. The maximum Gasteiger partial charge on any atom is 0.157 e. The summed E-state index contributed by atoms with van der Waals surface area (Å²) in [5.74, 6) is 1.24. The van der Waals surface area contributed by atoms with Crippen LogP contribution in [0.3, 0.4) is 0 Å². The molecule has 1 aliphatic rings. The van der Waals surface area contributed by atoms with Gasteiger partial charge in [-0.1, -0.05) is 0 Å². The lowest BCUT2D eigenvalue weighted by molar-refractivity contribution is -0.120. The van der Waals surface area contributed by atoms with Crippen molar-refractivity contribution in [2.24, 2.45) is 4.99 Å². The Morgan fingerprint density at radius 2 is 1.85 bits per heavy atom. The fourth-order valence-electron chi connectivity index (χ4n) is 2.28. The fourth-order valence-corrected chi connectivity index (χ4v) is 3.56. The number of phenols is 1. The molecular weight excluding hydrogens is 370 g/mol. The van der Waals surface area contributed by atoms with Crippen LogP contribution in [-0.2, 0) is 19.0 Å². The van der Waals surface area contributed by atoms with Crippen molar-refractivity contribution in [2.45, 2.75) is 19.4 Å². The molecule has 0 radical (unpaired) electrons. The Morgan fingerprint density at radius 3 is 2.44 bits per heavy atom. The highest BCUT2D eigenvalue weighted by atomic mass is 32.2. The van der Waals surface area contributed by atoms with Gasteiger partial charge >= 0.3 is 0 Å². The number of benzene rings is 1. The van der Waals surface area contributed by atoms with E-state index in [2.05, 4.69) is 4.99 Å². The quantitative estimate of drug-likeness (QED) is 0.542. The third-order valence-electron chi connectivity index (χ3n) is 4.10. The smallest absolute Gasteiger partial charge is 0.157 e. The van der Waals surface area contributed by atoms with Gasteiger partial charge in [-0.05, 0) is 26.0 Å². The molecule has 1 aromatic rings. The second-order valence-electron chi connectivity index (χ2n) is 6.28. The largest absolute Gasteiger partial charge is 0.507 e. The number of ether oxygens (including phenoxy) is 4. The molecule has 0 aromatic heterocycles. The summed E-state index contributed by atoms with van der Waals surface area (Å²) in [5, 5.41) is 11.0. The summed E-state index contributed by atoms with van der Waals surface area (Å²) >= 11 is 1.47. The minimum atomic E-state index is -0.716. The molecular formula is C19H27NO6S. The van der Waals surface area contributed by atoms with Crippen molar-refractivity contribution in [2.75, 3.05) is 52.5 Å². The van der Waals surface area contributed by atoms with Gasteiger partial charge in [0.2, 0.25) is 0 Å². The van der Waals surface area contributed by atoms with E-state index in [0.29, 0.717) is 61.8 Å². The molecule has 0 unspecified atom stereocenters. The highest BCUT2D eigenvalue weighted by molar-refractivity contribution is 8.14. The molecule has 150 valence electrons. The lowest BCUT2D eigenvalue weighted by atomic mass is 10.0. The zero-order valence-corrected chi connectivity index (χ0v) is 16.8. The second-order valence-corrected chi connectivity index (χ2v) is 7.24. The van der Waals surface area contributed by atoms with Crippen LogP contribution in [0.1, 0.15) is 19.4 Å². The summed E-state index contributed by atoms with van der Waals surface area (Å²) < 4.78 is 21.2. The minimum absolute atomic E-state index is 0.0218. The van der Waals surface area contributed by atoms with E-state index >= 15 is 0 Å². The Bertz CT molecular complexity index is 666. The number of hydrogen-bond donors (Lipinski definition) is 1. The van der Waals surface area contributed by atoms with Crippen LogP contribution in [0.15, 0.2) is 23.2 Å². The maximum atomic E-state index is 11.7. The summed E-state index contributed by atoms with van der Waals surface area (Å²) in [4.78, 5) is 16.2. The summed E-state index contributed by atoms with van der Waals surface area (Å²) in [6.07, 6.45) is 0. The first-order valence-corrected chi connectivity index (χ1v) is 9.79. The number of thioether (sulfide) groups is 1. The molecule has 7 nitrogen and oxygen atoms in total. The molecule has 1 aromatic carbocycles. The predicted octanol–water partition coefficient (Wildman–Crippen LogP) is 2.29. The number of nitrogens with zero attached hydrogens (tertiary/aromatic N) is 1. The highest BCUT2D eigenvalue weighted by Gasteiger charge is 2.36. The van der Waals surface area contributed by atoms with Crippen LogP contribution in [0.5, 0.6) is 11.5 Å². The van der Waals surface area contributed by atoms with Crippen molar-refractivity contribution in [3.05, 3.63) is 23.8 Å². The van der Waals surface area contributed by atoms with E-state index in [9.17, 15) is 9.90 Å². The number of carbonyl (C=O) groups excluding carboxylic acids is 1. The summed E-state index contributed by atoms with van der Waals surface area (Å²) in [6.45, 7) is 6.27. The Balaban J connectivity index is 1.76. The molecule has 1 aliphatic heterocycles. The summed E-state index contributed by atoms with van der Waals surface area (Å²) in [5.41, 5.74) is -0.103. The topological polar surface area (TPSA) is 86.6 Å². The normalized spacial score (nSPS) is 19.1. The summed E-state index contributed by atoms with van der Waals surface area (Å²) in [7, 11) is 1.63. The first-order chi connectivity index (χ1) is 13.0. The molecule has 0 saturated carbocycles. The molecule has 1 N–H and O–H groups in total. The number of aliphatic imine (C=N–C) groups is 1. The van der Waals surface area contributed by atoms with Crippen LogP contribution in [0, 0.1) is 0 Å². The molecule has 1 atom stereocenters. The van der Waals surface area contributed by atoms with Crippen LogP contribution < -0.4 is 4.74 Å². The van der Waals surface area contributed by atoms with Crippen molar-refractivity contribution in [1.82, 2.24) is 0 Å². The molecule has 8 heteroatoms. The van der Waals surface area contributed by atoms with Crippen molar-refractivity contribution < 1.29 is 28.8 Å². The maximum absolute atomic E-state index is 11.7. The van der Waals surface area contributed by atoms with Gasteiger partial charge in [0.25, 0.3) is 0 Å². The number of Topliss-reactive ketones (excluding diaryl/α,β-unsaturated/α-hetero) is 1. The molecule has 0 fully saturated rings. The molecule has 0 aliphatic carbocycles. The number of carbonyl (C=O) groups is 1. The average molecular weight is 397 g/mol. The standard InChI is InChI=1S/C19H27NO6S/c1-14(21)19(2)13-27-18(20-19)16-5-4-15(12-17(16)22)26-11-10-25-9-8-24-7-6-23-3/h4-5,12,22H,6-11,13H2,1-3H3/t19-/m1/s1. The van der Waals surface area contributed by atoms with Crippen LogP contribution >= 0.6 is 11.8 Å². The molecule has 0 spiro atoms. The van der Waals surface area contributed by atoms with Crippen molar-refractivity contribution in [3.8, 4) is 11.5 Å². The highest BCUT2D eigenvalue weighted by Crippen LogP contribution is 2.35. The Morgan fingerprint density at radius 1 is 1.19 bits per heavy atom. The first-order valence-electron chi connectivity index (χ1n) is 8.80. The second kappa shape index (κ2) is 10.7. The van der Waals surface area contributed by atoms with Crippen LogP contribution in [0.2, 0.25) is 0 Å². The van der Waals surface area contributed by atoms with Crippen molar-refractivity contribution in [1.29, 1.82) is 0 Å². The van der Waals surface area contributed by atoms with E-state index in [1.54, 1.807) is 25.3 Å². The molecule has 0 saturated heterocycles. The number of rotatable bonds is 12. The van der Waals surface area contributed by atoms with Gasteiger partial charge in [0.1, 0.15) is 28.7 Å². The number of aromatic hydroxyl groups is 1. The van der Waals surface area contributed by atoms with Gasteiger partial charge in [0.05, 0.1) is 33.0 Å². The monoisotopic (exact) mass is 397 g/mol. The third kappa shape index (κ3) is 6.49. The lowest BCUT2D eigenvalue weighted by Gasteiger charge is -2.14. The van der Waals surface area contributed by atoms with Crippen molar-refractivity contribution in [3.63, 3.8) is 0 Å². The summed E-state index contributed by atoms with van der Waals surface area (Å²) in [6, 6.07) is 5.08. The molecule has 2 rings (SSSR count). The number of hydrogen-bond acceptors (Lipinski definition) is 8. The SMILES string of the molecule is COCCOCCOCCOc1ccc(C2=N[C@@](C)(C(C)=O)CS2)c(O)c1. The molecule has 27 heavy (non-hydrogen) atoms. The van der Waals surface area contributed by atoms with Gasteiger partial charge in [-0.2, -0.15) is 0 Å². The van der Waals surface area contributed by atoms with E-state index in [1.165, 1.54) is 18.7 Å². The van der Waals surface area contributed by atoms with Crippen LogP contribution in [0.4, 0.5) is 0 Å². The molecule has 0 bridgehead atoms. The van der Waals surface area contributed by atoms with Crippen molar-refractivity contribution >= 4 is 22.6 Å². The Kier molecular flexibility index (Phi) is 8.56. The van der Waals surface area contributed by atoms with E-state index < -0.39 is 5.54 Å². The van der Waals surface area contributed by atoms with Gasteiger partial charge in [-0.3, -0.25) is 9.79 Å². The number of phenolic OH excluding ortho intramolecular Hbond substituents is 1. The van der Waals surface area contributed by atoms with Gasteiger partial charge in [0, 0.05) is 24.5 Å². The fraction of sp³-hybridized carbons (Fsp3) is 0.579. The van der Waals surface area contributed by atoms with Crippen LogP contribution in [-0.4, -0.2) is 74.0 Å². The third-order valence-corrected chi connectivity index (χ3v) is 5.39. The van der Waals surface area contributed by atoms with E-state index in [4.69, 9.17) is 18.9 Å². The lowest BCUT2D eigenvalue weighted by Crippen LogP contribution is -2.31. The average Bonchev–Trinajstić information content (AvgIpc) is 3.04. The van der Waals surface area contributed by atoms with Gasteiger partial charge < -0.3 is 24.1 Å². The number of methoxy groups -OCH3 is 1. The van der Waals surface area contributed by atoms with Gasteiger partial charge in [-0.15, -0.1) is 11.8 Å². The Hall–Kier alpha value is -1.61. The van der Waals surface area contributed by atoms with Gasteiger partial charge in [-0.25, -0.2) is 0 Å². The minimum Gasteiger partial charge on any atom is -0.507 e.